The van der Waals surface area contributed by atoms with Gasteiger partial charge in [0.2, 0.25) is 0 Å². The molecule has 0 aliphatic heterocycles. The molecular formula is C16H19F7O. The summed E-state index contributed by atoms with van der Waals surface area (Å²) in [7, 11) is 0.948. The zero-order valence-corrected chi connectivity index (χ0v) is 13.6. The molecule has 24 heavy (non-hydrogen) atoms. The lowest BCUT2D eigenvalue weighted by molar-refractivity contribution is -0.353. The van der Waals surface area contributed by atoms with Crippen LogP contribution >= 0.6 is 0 Å². The highest BCUT2D eigenvalue weighted by atomic mass is 19.4. The van der Waals surface area contributed by atoms with Crippen molar-refractivity contribution in [3.63, 3.8) is 0 Å². The summed E-state index contributed by atoms with van der Waals surface area (Å²) in [6.45, 7) is 4.76. The van der Waals surface area contributed by atoms with Gasteiger partial charge in [0.05, 0.1) is 5.60 Å². The summed E-state index contributed by atoms with van der Waals surface area (Å²) in [6, 6.07) is 5.84. The number of alkyl halides is 7. The molecule has 0 aliphatic rings. The van der Waals surface area contributed by atoms with E-state index in [0.29, 0.717) is 0 Å². The SMILES string of the molecule is COC(C)(CC(F)(C(F)(F)F)C(F)(F)F)c1ccc(C(C)C)cc1. The maximum Gasteiger partial charge on any atom is 0.431 e. The number of methoxy groups -OCH3 is 1. The van der Waals surface area contributed by atoms with Gasteiger partial charge in [-0.15, -0.1) is 0 Å². The molecule has 1 nitrogen and oxygen atoms in total. The predicted octanol–water partition coefficient (Wildman–Crippen LogP) is 5.89. The second-order valence-electron chi connectivity index (χ2n) is 6.19. The van der Waals surface area contributed by atoms with E-state index in [1.54, 1.807) is 12.1 Å². The molecule has 1 aromatic carbocycles. The lowest BCUT2D eigenvalue weighted by Crippen LogP contribution is -2.56. The molecule has 0 aliphatic carbocycles. The molecule has 1 rings (SSSR count). The quantitative estimate of drug-likeness (QED) is 0.595. The Bertz CT molecular complexity index is 531. The molecule has 0 spiro atoms. The molecule has 0 saturated heterocycles. The smallest absolute Gasteiger partial charge is 0.374 e. The molecule has 0 heterocycles. The van der Waals surface area contributed by atoms with Gasteiger partial charge in [0.15, 0.2) is 0 Å². The van der Waals surface area contributed by atoms with Crippen LogP contribution in [0.5, 0.6) is 0 Å². The number of halogens is 7. The molecule has 1 aromatic rings. The number of ether oxygens (including phenoxy) is 1. The van der Waals surface area contributed by atoms with Gasteiger partial charge in [0, 0.05) is 13.5 Å². The molecule has 0 saturated carbocycles. The summed E-state index contributed by atoms with van der Waals surface area (Å²) >= 11 is 0. The Kier molecular flexibility index (Phi) is 5.65. The molecule has 0 amide bonds. The molecule has 0 radical (unpaired) electrons. The van der Waals surface area contributed by atoms with Crippen molar-refractivity contribution in [1.29, 1.82) is 0 Å². The number of hydrogen-bond donors (Lipinski definition) is 0. The first-order valence-electron chi connectivity index (χ1n) is 7.16. The highest BCUT2D eigenvalue weighted by Crippen LogP contribution is 2.52. The Balaban J connectivity index is 3.32. The van der Waals surface area contributed by atoms with Crippen molar-refractivity contribution in [2.75, 3.05) is 7.11 Å². The van der Waals surface area contributed by atoms with Gasteiger partial charge in [-0.1, -0.05) is 38.1 Å². The topological polar surface area (TPSA) is 9.23 Å². The van der Waals surface area contributed by atoms with Gasteiger partial charge in [-0.25, -0.2) is 4.39 Å². The first-order chi connectivity index (χ1) is 10.7. The Morgan fingerprint density at radius 1 is 0.875 bits per heavy atom. The van der Waals surface area contributed by atoms with Crippen molar-refractivity contribution in [2.24, 2.45) is 0 Å². The van der Waals surface area contributed by atoms with E-state index < -0.39 is 30.0 Å². The van der Waals surface area contributed by atoms with Crippen molar-refractivity contribution >= 4 is 0 Å². The predicted molar refractivity (Wildman–Crippen MR) is 75.5 cm³/mol. The minimum atomic E-state index is -6.11. The number of hydrogen-bond acceptors (Lipinski definition) is 1. The van der Waals surface area contributed by atoms with Crippen LogP contribution in [0.15, 0.2) is 24.3 Å². The lowest BCUT2D eigenvalue weighted by atomic mass is 9.82. The third kappa shape index (κ3) is 3.84. The minimum absolute atomic E-state index is 0.0323. The summed E-state index contributed by atoms with van der Waals surface area (Å²) in [5, 5.41) is 0. The van der Waals surface area contributed by atoms with E-state index >= 15 is 0 Å². The van der Waals surface area contributed by atoms with Crippen LogP contribution in [0.1, 0.15) is 44.2 Å². The largest absolute Gasteiger partial charge is 0.431 e. The van der Waals surface area contributed by atoms with Crippen molar-refractivity contribution in [2.45, 2.75) is 56.7 Å². The molecule has 1 atom stereocenters. The van der Waals surface area contributed by atoms with E-state index in [-0.39, 0.29) is 11.5 Å². The van der Waals surface area contributed by atoms with Crippen LogP contribution in [-0.2, 0) is 10.3 Å². The summed E-state index contributed by atoms with van der Waals surface area (Å²) in [5.41, 5.74) is -6.60. The zero-order chi connectivity index (χ0) is 19.0. The first-order valence-corrected chi connectivity index (χ1v) is 7.16. The Hall–Kier alpha value is -1.31. The van der Waals surface area contributed by atoms with Crippen LogP contribution in [-0.4, -0.2) is 25.1 Å². The van der Waals surface area contributed by atoms with Gasteiger partial charge in [-0.05, 0) is 24.0 Å². The summed E-state index contributed by atoms with van der Waals surface area (Å²) in [6.07, 6.45) is -14.1. The minimum Gasteiger partial charge on any atom is -0.374 e. The maximum atomic E-state index is 14.1. The van der Waals surface area contributed by atoms with Crippen LogP contribution in [0.2, 0.25) is 0 Å². The fourth-order valence-electron chi connectivity index (χ4n) is 2.34. The van der Waals surface area contributed by atoms with Crippen LogP contribution < -0.4 is 0 Å². The van der Waals surface area contributed by atoms with Crippen molar-refractivity contribution in [3.8, 4) is 0 Å². The van der Waals surface area contributed by atoms with E-state index in [9.17, 15) is 30.7 Å². The summed E-state index contributed by atoms with van der Waals surface area (Å²) in [5.74, 6) is 0.124. The fourth-order valence-corrected chi connectivity index (χ4v) is 2.34. The number of benzene rings is 1. The van der Waals surface area contributed by atoms with Gasteiger partial charge in [0.25, 0.3) is 0 Å². The lowest BCUT2D eigenvalue weighted by Gasteiger charge is -2.38. The highest BCUT2D eigenvalue weighted by Gasteiger charge is 2.74. The third-order valence-corrected chi connectivity index (χ3v) is 4.12. The van der Waals surface area contributed by atoms with Gasteiger partial charge < -0.3 is 4.74 Å². The van der Waals surface area contributed by atoms with Crippen molar-refractivity contribution in [3.05, 3.63) is 35.4 Å². The average molecular weight is 360 g/mol. The van der Waals surface area contributed by atoms with Crippen LogP contribution in [0.4, 0.5) is 30.7 Å². The Morgan fingerprint density at radius 3 is 1.58 bits per heavy atom. The summed E-state index contributed by atoms with van der Waals surface area (Å²) < 4.78 is 95.7. The molecule has 0 fully saturated rings. The third-order valence-electron chi connectivity index (χ3n) is 4.12. The van der Waals surface area contributed by atoms with E-state index in [4.69, 9.17) is 4.74 Å². The van der Waals surface area contributed by atoms with Crippen LogP contribution in [0, 0.1) is 0 Å². The van der Waals surface area contributed by atoms with Crippen LogP contribution in [0.3, 0.4) is 0 Å². The molecule has 8 heteroatoms. The molecule has 0 N–H and O–H groups in total. The highest BCUT2D eigenvalue weighted by molar-refractivity contribution is 5.29. The van der Waals surface area contributed by atoms with Gasteiger partial charge in [0.1, 0.15) is 0 Å². The van der Waals surface area contributed by atoms with Crippen LogP contribution in [0.25, 0.3) is 0 Å². The second-order valence-corrected chi connectivity index (χ2v) is 6.19. The fraction of sp³-hybridized carbons (Fsp3) is 0.625. The molecule has 0 bridgehead atoms. The van der Waals surface area contributed by atoms with Gasteiger partial charge in [-0.2, -0.15) is 26.3 Å². The molecular weight excluding hydrogens is 341 g/mol. The summed E-state index contributed by atoms with van der Waals surface area (Å²) in [4.78, 5) is 0. The zero-order valence-electron chi connectivity index (χ0n) is 13.6. The average Bonchev–Trinajstić information content (AvgIpc) is 2.44. The van der Waals surface area contributed by atoms with Crippen molar-refractivity contribution < 1.29 is 35.5 Å². The van der Waals surface area contributed by atoms with Crippen molar-refractivity contribution in [1.82, 2.24) is 0 Å². The Labute approximate surface area is 135 Å². The second kappa shape index (κ2) is 6.54. The standard InChI is InChI=1S/C16H19F7O/c1-10(2)11-5-7-12(8-6-11)13(3,24-4)9-14(17,15(18,19)20)16(21,22)23/h5-8,10H,9H2,1-4H3. The molecule has 1 unspecified atom stereocenters. The first kappa shape index (κ1) is 20.7. The maximum absolute atomic E-state index is 14.1. The Morgan fingerprint density at radius 2 is 1.29 bits per heavy atom. The molecule has 138 valence electrons. The van der Waals surface area contributed by atoms with E-state index in [1.165, 1.54) is 12.1 Å². The van der Waals surface area contributed by atoms with Gasteiger partial charge >= 0.3 is 18.0 Å². The van der Waals surface area contributed by atoms with E-state index in [0.717, 1.165) is 19.6 Å². The van der Waals surface area contributed by atoms with E-state index in [2.05, 4.69) is 0 Å². The van der Waals surface area contributed by atoms with Gasteiger partial charge in [-0.3, -0.25) is 0 Å². The monoisotopic (exact) mass is 360 g/mol. The molecule has 0 aromatic heterocycles. The normalized spacial score (nSPS) is 16.3. The number of rotatable bonds is 5. The van der Waals surface area contributed by atoms with E-state index in [1.807, 2.05) is 13.8 Å².